The molecule has 5 rings (SSSR count). The molecule has 4 fully saturated rings. The second-order valence-electron chi connectivity index (χ2n) is 9.51. The van der Waals surface area contributed by atoms with Crippen LogP contribution in [0, 0.1) is 34.6 Å². The Morgan fingerprint density at radius 1 is 1.27 bits per heavy atom. The lowest BCUT2D eigenvalue weighted by molar-refractivity contribution is -0.0308. The van der Waals surface area contributed by atoms with Crippen LogP contribution in [0.5, 0.6) is 5.75 Å². The number of ether oxygens (including phenoxy) is 1. The van der Waals surface area contributed by atoms with E-state index in [1.54, 1.807) is 24.3 Å². The van der Waals surface area contributed by atoms with Crippen LogP contribution in [0.3, 0.4) is 0 Å². The first-order chi connectivity index (χ1) is 14.3. The molecular formula is C22H28ClN5O2. The highest BCUT2D eigenvalue weighted by Gasteiger charge is 2.57. The zero-order chi connectivity index (χ0) is 21.5. The van der Waals surface area contributed by atoms with Crippen molar-refractivity contribution in [2.75, 3.05) is 0 Å². The van der Waals surface area contributed by atoms with Gasteiger partial charge >= 0.3 is 0 Å². The van der Waals surface area contributed by atoms with Crippen LogP contribution in [0.1, 0.15) is 46.0 Å². The topological polar surface area (TPSA) is 116 Å². The van der Waals surface area contributed by atoms with Crippen molar-refractivity contribution in [3.63, 3.8) is 0 Å². The molecule has 4 N–H and O–H groups in total. The molecule has 0 spiro atoms. The number of aliphatic imine (C=N–C) groups is 1. The molecule has 1 aromatic carbocycles. The summed E-state index contributed by atoms with van der Waals surface area (Å²) < 4.78 is 6.17. The third-order valence-corrected chi connectivity index (χ3v) is 7.34. The van der Waals surface area contributed by atoms with Gasteiger partial charge in [-0.15, -0.1) is 0 Å². The van der Waals surface area contributed by atoms with Gasteiger partial charge in [0.15, 0.2) is 17.6 Å². The fraction of sp³-hybridized carbons (Fsp3) is 0.591. The Morgan fingerprint density at radius 2 is 1.90 bits per heavy atom. The number of nitriles is 1. The maximum Gasteiger partial charge on any atom is 0.182 e. The Morgan fingerprint density at radius 3 is 2.47 bits per heavy atom. The number of nitrogens with one attached hydrogen (secondary N) is 1. The van der Waals surface area contributed by atoms with Crippen molar-refractivity contribution in [1.29, 1.82) is 5.26 Å². The molecule has 0 aliphatic heterocycles. The van der Waals surface area contributed by atoms with Crippen LogP contribution in [0.2, 0.25) is 5.02 Å². The van der Waals surface area contributed by atoms with Gasteiger partial charge < -0.3 is 15.7 Å². The minimum absolute atomic E-state index is 0.102. The van der Waals surface area contributed by atoms with E-state index in [1.165, 1.54) is 0 Å². The Balaban J connectivity index is 1.60. The smallest absolute Gasteiger partial charge is 0.182 e. The first-order valence-electron chi connectivity index (χ1n) is 10.4. The van der Waals surface area contributed by atoms with Gasteiger partial charge in [0.2, 0.25) is 0 Å². The first kappa shape index (κ1) is 20.8. The number of hydrogen-bond acceptors (Lipinski definition) is 5. The summed E-state index contributed by atoms with van der Waals surface area (Å²) in [7, 11) is 0. The predicted octanol–water partition coefficient (Wildman–Crippen LogP) is 3.91. The average Bonchev–Trinajstić information content (AvgIpc) is 2.70. The van der Waals surface area contributed by atoms with Crippen molar-refractivity contribution in [1.82, 2.24) is 5.32 Å². The summed E-state index contributed by atoms with van der Waals surface area (Å²) in [5, 5.41) is 25.4. The molecule has 4 bridgehead atoms. The number of oxime groups is 1. The zero-order valence-electron chi connectivity index (χ0n) is 17.3. The van der Waals surface area contributed by atoms with Crippen LogP contribution in [0.4, 0.5) is 0 Å². The third-order valence-electron chi connectivity index (χ3n) is 7.08. The summed E-state index contributed by atoms with van der Waals surface area (Å²) in [4.78, 5) is 5.06. The zero-order valence-corrected chi connectivity index (χ0v) is 18.1. The van der Waals surface area contributed by atoms with E-state index in [-0.39, 0.29) is 11.5 Å². The lowest BCUT2D eigenvalue weighted by Crippen LogP contribution is -2.58. The van der Waals surface area contributed by atoms with Gasteiger partial charge in [0.25, 0.3) is 0 Å². The number of amidine groups is 2. The van der Waals surface area contributed by atoms with Crippen molar-refractivity contribution >= 4 is 23.3 Å². The molecule has 0 amide bonds. The largest absolute Gasteiger partial charge is 0.480 e. The Hall–Kier alpha value is -2.46. The molecular weight excluding hydrogens is 402 g/mol. The molecule has 4 aliphatic carbocycles. The minimum atomic E-state index is -0.818. The van der Waals surface area contributed by atoms with Crippen LogP contribution in [0.25, 0.3) is 0 Å². The summed E-state index contributed by atoms with van der Waals surface area (Å²) in [6.07, 6.45) is 6.98. The molecule has 0 aromatic heterocycles. The van der Waals surface area contributed by atoms with Crippen LogP contribution in [-0.4, -0.2) is 28.5 Å². The van der Waals surface area contributed by atoms with Gasteiger partial charge in [0.1, 0.15) is 11.6 Å². The summed E-state index contributed by atoms with van der Waals surface area (Å²) in [5.41, 5.74) is 5.09. The minimum Gasteiger partial charge on any atom is -0.480 e. The summed E-state index contributed by atoms with van der Waals surface area (Å²) in [6, 6.07) is 7.25. The summed E-state index contributed by atoms with van der Waals surface area (Å²) >= 11 is 5.97. The van der Waals surface area contributed by atoms with Crippen molar-refractivity contribution < 1.29 is 9.94 Å². The molecule has 1 aromatic rings. The molecule has 160 valence electrons. The van der Waals surface area contributed by atoms with Crippen molar-refractivity contribution in [2.24, 2.45) is 39.1 Å². The molecule has 2 atom stereocenters. The molecule has 4 aliphatic rings. The Labute approximate surface area is 181 Å². The average molecular weight is 430 g/mol. The quantitative estimate of drug-likeness (QED) is 0.164. The van der Waals surface area contributed by atoms with Crippen LogP contribution in [-0.2, 0) is 0 Å². The van der Waals surface area contributed by atoms with E-state index >= 15 is 0 Å². The predicted molar refractivity (Wildman–Crippen MR) is 116 cm³/mol. The van der Waals surface area contributed by atoms with Gasteiger partial charge in [0.05, 0.1) is 6.04 Å². The van der Waals surface area contributed by atoms with E-state index in [1.807, 2.05) is 20.0 Å². The highest BCUT2D eigenvalue weighted by molar-refractivity contribution is 6.30. The Kier molecular flexibility index (Phi) is 5.31. The molecule has 7 nitrogen and oxygen atoms in total. The fourth-order valence-electron chi connectivity index (χ4n) is 6.01. The van der Waals surface area contributed by atoms with E-state index in [2.05, 4.69) is 10.5 Å². The molecule has 0 saturated heterocycles. The lowest BCUT2D eigenvalue weighted by Gasteiger charge is -2.58. The number of nitrogens with two attached hydrogens (primary N) is 1. The molecule has 2 unspecified atom stereocenters. The number of nitrogens with zero attached hydrogens (tertiary/aromatic N) is 3. The lowest BCUT2D eigenvalue weighted by atomic mass is 9.47. The van der Waals surface area contributed by atoms with E-state index in [9.17, 15) is 10.5 Å². The Bertz CT molecular complexity index is 889. The number of benzene rings is 1. The van der Waals surface area contributed by atoms with Crippen LogP contribution >= 0.6 is 11.6 Å². The maximum atomic E-state index is 9.35. The SMILES string of the molecule is CC(C)(Oc1ccc(Cl)cc1)C(=NC1C2CC3CC1CC(C(N)=NO)(C3)C2)NC#N. The second-order valence-corrected chi connectivity index (χ2v) is 9.94. The number of rotatable bonds is 5. The normalized spacial score (nSPS) is 33.3. The summed E-state index contributed by atoms with van der Waals surface area (Å²) in [5.74, 6) is 2.87. The second kappa shape index (κ2) is 7.66. The van der Waals surface area contributed by atoms with Crippen molar-refractivity contribution in [2.45, 2.75) is 57.6 Å². The van der Waals surface area contributed by atoms with Crippen LogP contribution < -0.4 is 15.8 Å². The van der Waals surface area contributed by atoms with Gasteiger partial charge in [-0.1, -0.05) is 16.8 Å². The van der Waals surface area contributed by atoms with Gasteiger partial charge in [0, 0.05) is 10.4 Å². The van der Waals surface area contributed by atoms with E-state index < -0.39 is 5.60 Å². The number of hydrogen-bond donors (Lipinski definition) is 3. The monoisotopic (exact) mass is 429 g/mol. The van der Waals surface area contributed by atoms with E-state index in [4.69, 9.17) is 27.1 Å². The van der Waals surface area contributed by atoms with Gasteiger partial charge in [-0.25, -0.2) is 0 Å². The first-order valence-corrected chi connectivity index (χ1v) is 10.8. The molecule has 0 radical (unpaired) electrons. The molecule has 8 heteroatoms. The molecule has 30 heavy (non-hydrogen) atoms. The van der Waals surface area contributed by atoms with Crippen LogP contribution in [0.15, 0.2) is 34.4 Å². The van der Waals surface area contributed by atoms with Gasteiger partial charge in [-0.2, -0.15) is 5.26 Å². The van der Waals surface area contributed by atoms with E-state index in [0.29, 0.717) is 40.2 Å². The highest BCUT2D eigenvalue weighted by atomic mass is 35.5. The van der Waals surface area contributed by atoms with E-state index in [0.717, 1.165) is 32.1 Å². The van der Waals surface area contributed by atoms with Gasteiger partial charge in [-0.3, -0.25) is 10.3 Å². The molecule has 0 heterocycles. The molecule has 4 saturated carbocycles. The highest BCUT2D eigenvalue weighted by Crippen LogP contribution is 2.61. The van der Waals surface area contributed by atoms with Crippen molar-refractivity contribution in [3.05, 3.63) is 29.3 Å². The van der Waals surface area contributed by atoms with Crippen molar-refractivity contribution in [3.8, 4) is 11.9 Å². The third kappa shape index (κ3) is 3.69. The maximum absolute atomic E-state index is 9.35. The number of halogens is 1. The van der Waals surface area contributed by atoms with Gasteiger partial charge in [-0.05, 0) is 88.0 Å². The summed E-state index contributed by atoms with van der Waals surface area (Å²) in [6.45, 7) is 3.80. The fourth-order valence-corrected chi connectivity index (χ4v) is 6.14. The standard InChI is InChI=1S/C22H28ClN5O2/c1-21(2,30-17-5-3-16(23)4-6-17)20(26-12-24)27-18-14-7-13-8-15(18)11-22(9-13,10-14)19(25)28-29/h3-6,13-15,18,29H,7-11H2,1-2H3,(H2,25,28)(H,26,27).